The van der Waals surface area contributed by atoms with Crippen LogP contribution in [0.4, 0.5) is 10.5 Å². The molecule has 1 N–H and O–H groups in total. The maximum atomic E-state index is 12.7. The summed E-state index contributed by atoms with van der Waals surface area (Å²) in [5.41, 5.74) is 4.63. The van der Waals surface area contributed by atoms with Crippen LogP contribution in [0.1, 0.15) is 23.9 Å². The van der Waals surface area contributed by atoms with Crippen molar-refractivity contribution in [2.75, 3.05) is 18.5 Å². The molecule has 2 aromatic heterocycles. The second-order valence-corrected chi connectivity index (χ2v) is 6.32. The van der Waals surface area contributed by atoms with Crippen molar-refractivity contribution in [1.29, 1.82) is 0 Å². The number of carbonyl (C=O) groups is 1. The van der Waals surface area contributed by atoms with Crippen molar-refractivity contribution in [2.24, 2.45) is 0 Å². The number of anilines is 1. The fraction of sp³-hybridized carbons (Fsp3) is 0.316. The predicted octanol–water partition coefficient (Wildman–Crippen LogP) is 3.03. The lowest BCUT2D eigenvalue weighted by molar-refractivity contribution is 0.205. The summed E-state index contributed by atoms with van der Waals surface area (Å²) >= 11 is 0. The number of nitrogens with one attached hydrogen (secondary N) is 1. The van der Waals surface area contributed by atoms with Crippen LogP contribution in [0.15, 0.2) is 36.5 Å². The number of fused-ring (bicyclic) bond motifs is 3. The van der Waals surface area contributed by atoms with E-state index in [1.165, 1.54) is 0 Å². The molecule has 7 nitrogen and oxygen atoms in total. The highest BCUT2D eigenvalue weighted by Crippen LogP contribution is 2.25. The molecule has 0 radical (unpaired) electrons. The van der Waals surface area contributed by atoms with E-state index in [9.17, 15) is 4.79 Å². The van der Waals surface area contributed by atoms with E-state index >= 15 is 0 Å². The number of aromatic nitrogens is 3. The van der Waals surface area contributed by atoms with Gasteiger partial charge in [-0.2, -0.15) is 5.10 Å². The fourth-order valence-electron chi connectivity index (χ4n) is 3.27. The quantitative estimate of drug-likeness (QED) is 0.787. The third-order valence-corrected chi connectivity index (χ3v) is 4.49. The van der Waals surface area contributed by atoms with Gasteiger partial charge in [-0.05, 0) is 26.0 Å². The minimum atomic E-state index is -0.139. The van der Waals surface area contributed by atoms with Crippen LogP contribution in [0, 0.1) is 6.92 Å². The summed E-state index contributed by atoms with van der Waals surface area (Å²) in [7, 11) is 0. The molecule has 0 spiro atoms. The average Bonchev–Trinajstić information content (AvgIpc) is 3.03. The minimum absolute atomic E-state index is 0.139. The second-order valence-electron chi connectivity index (χ2n) is 6.32. The van der Waals surface area contributed by atoms with Gasteiger partial charge in [0.2, 0.25) is 0 Å². The normalized spacial score (nSPS) is 13.5. The molecule has 0 bridgehead atoms. The first-order valence-corrected chi connectivity index (χ1v) is 8.76. The summed E-state index contributed by atoms with van der Waals surface area (Å²) in [6.07, 6.45) is 2.59. The van der Waals surface area contributed by atoms with Gasteiger partial charge in [-0.15, -0.1) is 0 Å². The van der Waals surface area contributed by atoms with E-state index in [1.54, 1.807) is 4.90 Å². The molecule has 0 saturated carbocycles. The molecule has 2 amide bonds. The van der Waals surface area contributed by atoms with E-state index in [1.807, 2.05) is 54.9 Å². The van der Waals surface area contributed by atoms with Crippen molar-refractivity contribution in [2.45, 2.75) is 26.8 Å². The largest absolute Gasteiger partial charge is 0.492 e. The van der Waals surface area contributed by atoms with E-state index in [0.29, 0.717) is 31.1 Å². The first kappa shape index (κ1) is 16.4. The predicted molar refractivity (Wildman–Crippen MR) is 98.5 cm³/mol. The molecule has 0 saturated heterocycles. The van der Waals surface area contributed by atoms with Crippen LogP contribution in [-0.2, 0) is 13.0 Å². The second kappa shape index (κ2) is 6.67. The Morgan fingerprint density at radius 3 is 3.04 bits per heavy atom. The van der Waals surface area contributed by atoms with Crippen LogP contribution in [0.3, 0.4) is 0 Å². The lowest BCUT2D eigenvalue weighted by atomic mass is 10.1. The topological polar surface area (TPSA) is 71.8 Å². The highest BCUT2D eigenvalue weighted by atomic mass is 16.5. The summed E-state index contributed by atoms with van der Waals surface area (Å²) < 4.78 is 7.47. The molecule has 0 atom stereocenters. The Balaban J connectivity index is 1.53. The van der Waals surface area contributed by atoms with Crippen LogP contribution in [-0.4, -0.2) is 38.7 Å². The van der Waals surface area contributed by atoms with Crippen molar-refractivity contribution in [3.05, 3.63) is 53.5 Å². The number of hydrogen-bond acceptors (Lipinski definition) is 4. The van der Waals surface area contributed by atoms with E-state index < -0.39 is 0 Å². The number of amides is 2. The zero-order valence-electron chi connectivity index (χ0n) is 14.9. The summed E-state index contributed by atoms with van der Waals surface area (Å²) in [4.78, 5) is 19.0. The molecule has 26 heavy (non-hydrogen) atoms. The maximum Gasteiger partial charge on any atom is 0.322 e. The Bertz CT molecular complexity index is 966. The molecule has 3 aromatic rings. The summed E-state index contributed by atoms with van der Waals surface area (Å²) in [6, 6.07) is 9.29. The van der Waals surface area contributed by atoms with Crippen molar-refractivity contribution in [3.8, 4) is 5.75 Å². The number of ether oxygens (including phenoxy) is 1. The number of urea groups is 1. The number of benzene rings is 1. The maximum absolute atomic E-state index is 12.7. The van der Waals surface area contributed by atoms with Gasteiger partial charge >= 0.3 is 6.03 Å². The van der Waals surface area contributed by atoms with Gasteiger partial charge in [-0.3, -0.25) is 0 Å². The van der Waals surface area contributed by atoms with Crippen molar-refractivity contribution < 1.29 is 9.53 Å². The van der Waals surface area contributed by atoms with Crippen LogP contribution in [0.5, 0.6) is 5.75 Å². The fourth-order valence-corrected chi connectivity index (χ4v) is 3.27. The highest BCUT2D eigenvalue weighted by Gasteiger charge is 2.24. The monoisotopic (exact) mass is 351 g/mol. The van der Waals surface area contributed by atoms with Crippen LogP contribution < -0.4 is 10.1 Å². The van der Waals surface area contributed by atoms with Crippen molar-refractivity contribution in [3.63, 3.8) is 0 Å². The molecule has 4 rings (SSSR count). The molecule has 0 fully saturated rings. The Morgan fingerprint density at radius 2 is 2.19 bits per heavy atom. The molecule has 134 valence electrons. The van der Waals surface area contributed by atoms with Gasteiger partial charge in [0.15, 0.2) is 5.65 Å². The Morgan fingerprint density at radius 1 is 1.35 bits per heavy atom. The molecule has 7 heteroatoms. The smallest absolute Gasteiger partial charge is 0.322 e. The van der Waals surface area contributed by atoms with E-state index in [2.05, 4.69) is 15.4 Å². The van der Waals surface area contributed by atoms with Gasteiger partial charge in [0, 0.05) is 30.8 Å². The first-order valence-electron chi connectivity index (χ1n) is 8.76. The number of nitrogens with zero attached hydrogens (tertiary/aromatic N) is 4. The Labute approximate surface area is 151 Å². The summed E-state index contributed by atoms with van der Waals surface area (Å²) in [5, 5.41) is 7.47. The average molecular weight is 351 g/mol. The number of rotatable bonds is 3. The molecule has 0 unspecified atom stereocenters. The number of hydrogen-bond donors (Lipinski definition) is 1. The molecule has 1 aliphatic heterocycles. The van der Waals surface area contributed by atoms with Crippen molar-refractivity contribution in [1.82, 2.24) is 19.5 Å². The van der Waals surface area contributed by atoms with Gasteiger partial charge in [-0.1, -0.05) is 12.1 Å². The molecule has 1 aromatic carbocycles. The van der Waals surface area contributed by atoms with Crippen LogP contribution >= 0.6 is 0 Å². The zero-order chi connectivity index (χ0) is 18.1. The number of carbonyl (C=O) groups excluding carboxylic acids is 1. The van der Waals surface area contributed by atoms with Gasteiger partial charge in [0.1, 0.15) is 5.75 Å². The Kier molecular flexibility index (Phi) is 4.20. The van der Waals surface area contributed by atoms with Gasteiger partial charge < -0.3 is 15.0 Å². The summed E-state index contributed by atoms with van der Waals surface area (Å²) in [5.74, 6) is 0.677. The van der Waals surface area contributed by atoms with Crippen molar-refractivity contribution >= 4 is 17.4 Å². The molecule has 3 heterocycles. The molecular formula is C19H21N5O2. The van der Waals surface area contributed by atoms with Crippen LogP contribution in [0.2, 0.25) is 0 Å². The van der Waals surface area contributed by atoms with E-state index in [-0.39, 0.29) is 6.03 Å². The van der Waals surface area contributed by atoms with Gasteiger partial charge in [0.25, 0.3) is 0 Å². The highest BCUT2D eigenvalue weighted by molar-refractivity contribution is 5.91. The van der Waals surface area contributed by atoms with Crippen LogP contribution in [0.25, 0.3) is 5.65 Å². The molecule has 0 aliphatic carbocycles. The summed E-state index contributed by atoms with van der Waals surface area (Å²) in [6.45, 7) is 5.58. The number of para-hydroxylation sites is 2. The van der Waals surface area contributed by atoms with E-state index in [4.69, 9.17) is 4.74 Å². The number of aryl methyl sites for hydroxylation is 1. The minimum Gasteiger partial charge on any atom is -0.492 e. The SMILES string of the molecule is CCOc1ccccc1NC(=O)N1CCc2c(cnc3cc(C)nn23)C1. The lowest BCUT2D eigenvalue weighted by Gasteiger charge is -2.29. The lowest BCUT2D eigenvalue weighted by Crippen LogP contribution is -2.39. The van der Waals surface area contributed by atoms with E-state index in [0.717, 1.165) is 29.0 Å². The van der Waals surface area contributed by atoms with Gasteiger partial charge in [-0.25, -0.2) is 14.3 Å². The third kappa shape index (κ3) is 2.96. The third-order valence-electron chi connectivity index (χ3n) is 4.49. The first-order chi connectivity index (χ1) is 12.7. The standard InChI is InChI=1S/C19H21N5O2/c1-3-26-17-7-5-4-6-15(17)21-19(25)23-9-8-16-14(12-23)11-20-18-10-13(2)22-24(16)18/h4-7,10-11H,3,8-9,12H2,1-2H3,(H,21,25). The molecule has 1 aliphatic rings. The Hall–Kier alpha value is -3.09. The zero-order valence-corrected chi connectivity index (χ0v) is 14.9. The molecular weight excluding hydrogens is 330 g/mol. The van der Waals surface area contributed by atoms with Gasteiger partial charge in [0.05, 0.1) is 30.2 Å².